The summed E-state index contributed by atoms with van der Waals surface area (Å²) in [5.41, 5.74) is -0.738. The van der Waals surface area contributed by atoms with E-state index < -0.39 is 5.54 Å². The number of nitrogens with zero attached hydrogens (tertiary/aromatic N) is 1. The standard InChI is InChI=1S/C14H20N2O3/c1-9-4-3-5-14(7-9,8-15)16-12(17)10-6-11(10)13(18)19-2/h9-11H,3-7H2,1-2H3,(H,16,17)/t9-,10-,11-,14+/m1/s1. The highest BCUT2D eigenvalue weighted by Gasteiger charge is 2.51. The van der Waals surface area contributed by atoms with Crippen LogP contribution < -0.4 is 5.32 Å². The smallest absolute Gasteiger partial charge is 0.309 e. The Labute approximate surface area is 113 Å². The lowest BCUT2D eigenvalue weighted by molar-refractivity contribution is -0.143. The highest BCUT2D eigenvalue weighted by Crippen LogP contribution is 2.41. The normalized spacial score (nSPS) is 37.0. The van der Waals surface area contributed by atoms with Gasteiger partial charge < -0.3 is 10.1 Å². The summed E-state index contributed by atoms with van der Waals surface area (Å²) in [6.07, 6.45) is 4.00. The van der Waals surface area contributed by atoms with Gasteiger partial charge in [0.2, 0.25) is 5.91 Å². The summed E-state index contributed by atoms with van der Waals surface area (Å²) in [5.74, 6) is -0.685. The van der Waals surface area contributed by atoms with E-state index >= 15 is 0 Å². The molecule has 5 heteroatoms. The quantitative estimate of drug-likeness (QED) is 0.781. The number of amides is 1. The molecular formula is C14H20N2O3. The number of ether oxygens (including phenoxy) is 1. The van der Waals surface area contributed by atoms with Crippen molar-refractivity contribution in [2.24, 2.45) is 17.8 Å². The molecule has 0 aliphatic heterocycles. The number of carbonyl (C=O) groups excluding carboxylic acids is 2. The minimum absolute atomic E-state index is 0.175. The molecular weight excluding hydrogens is 244 g/mol. The Kier molecular flexibility index (Phi) is 3.79. The monoisotopic (exact) mass is 264 g/mol. The van der Waals surface area contributed by atoms with E-state index in [1.807, 2.05) is 0 Å². The number of rotatable bonds is 3. The second-order valence-corrected chi connectivity index (χ2v) is 5.86. The van der Waals surface area contributed by atoms with Gasteiger partial charge in [-0.25, -0.2) is 0 Å². The highest BCUT2D eigenvalue weighted by atomic mass is 16.5. The van der Waals surface area contributed by atoms with Gasteiger partial charge in [0, 0.05) is 0 Å². The summed E-state index contributed by atoms with van der Waals surface area (Å²) in [4.78, 5) is 23.4. The van der Waals surface area contributed by atoms with Gasteiger partial charge in [0.05, 0.1) is 25.0 Å². The van der Waals surface area contributed by atoms with E-state index in [-0.39, 0.29) is 23.7 Å². The number of methoxy groups -OCH3 is 1. The Morgan fingerprint density at radius 3 is 2.74 bits per heavy atom. The lowest BCUT2D eigenvalue weighted by atomic mass is 9.77. The van der Waals surface area contributed by atoms with Crippen molar-refractivity contribution in [3.8, 4) is 6.07 Å². The highest BCUT2D eigenvalue weighted by molar-refractivity contribution is 5.90. The van der Waals surface area contributed by atoms with Crippen LogP contribution in [-0.4, -0.2) is 24.5 Å². The molecule has 1 N–H and O–H groups in total. The van der Waals surface area contributed by atoms with E-state index in [2.05, 4.69) is 23.0 Å². The van der Waals surface area contributed by atoms with Crippen LogP contribution in [0.2, 0.25) is 0 Å². The number of hydrogen-bond donors (Lipinski definition) is 1. The molecule has 19 heavy (non-hydrogen) atoms. The molecule has 0 saturated heterocycles. The van der Waals surface area contributed by atoms with E-state index in [0.29, 0.717) is 25.2 Å². The molecule has 4 atom stereocenters. The van der Waals surface area contributed by atoms with Crippen molar-refractivity contribution >= 4 is 11.9 Å². The van der Waals surface area contributed by atoms with E-state index in [9.17, 15) is 14.9 Å². The first kappa shape index (κ1) is 13.9. The van der Waals surface area contributed by atoms with E-state index in [4.69, 9.17) is 0 Å². The van der Waals surface area contributed by atoms with Crippen LogP contribution in [0.1, 0.15) is 39.0 Å². The topological polar surface area (TPSA) is 79.2 Å². The van der Waals surface area contributed by atoms with Crippen molar-refractivity contribution in [1.29, 1.82) is 5.26 Å². The van der Waals surface area contributed by atoms with Crippen molar-refractivity contribution in [1.82, 2.24) is 5.32 Å². The molecule has 0 radical (unpaired) electrons. The van der Waals surface area contributed by atoms with Gasteiger partial charge in [0.15, 0.2) is 0 Å². The third-order valence-electron chi connectivity index (χ3n) is 4.21. The maximum absolute atomic E-state index is 12.1. The first-order valence-corrected chi connectivity index (χ1v) is 6.82. The van der Waals surface area contributed by atoms with Gasteiger partial charge >= 0.3 is 5.97 Å². The molecule has 2 aliphatic carbocycles. The molecule has 0 aromatic heterocycles. The zero-order valence-corrected chi connectivity index (χ0v) is 11.4. The Balaban J connectivity index is 1.95. The Morgan fingerprint density at radius 2 is 2.16 bits per heavy atom. The van der Waals surface area contributed by atoms with E-state index in [1.54, 1.807) is 0 Å². The number of hydrogen-bond acceptors (Lipinski definition) is 4. The van der Waals surface area contributed by atoms with Gasteiger partial charge in [-0.05, 0) is 31.6 Å². The third kappa shape index (κ3) is 2.89. The number of nitrogens with one attached hydrogen (secondary N) is 1. The molecule has 2 rings (SSSR count). The van der Waals surface area contributed by atoms with E-state index in [0.717, 1.165) is 12.8 Å². The molecule has 5 nitrogen and oxygen atoms in total. The summed E-state index contributed by atoms with van der Waals surface area (Å²) in [5, 5.41) is 12.3. The molecule has 1 amide bonds. The molecule has 0 spiro atoms. The van der Waals surface area contributed by atoms with Crippen molar-refractivity contribution < 1.29 is 14.3 Å². The SMILES string of the molecule is COC(=O)[C@@H]1C[C@H]1C(=O)N[C@@]1(C#N)CCC[C@@H](C)C1. The fourth-order valence-electron chi connectivity index (χ4n) is 3.02. The van der Waals surface area contributed by atoms with Crippen molar-refractivity contribution in [3.05, 3.63) is 0 Å². The van der Waals surface area contributed by atoms with Crippen molar-refractivity contribution in [2.45, 2.75) is 44.6 Å². The first-order valence-electron chi connectivity index (χ1n) is 6.82. The predicted octanol–water partition coefficient (Wildman–Crippen LogP) is 1.38. The zero-order valence-electron chi connectivity index (χ0n) is 11.4. The predicted molar refractivity (Wildman–Crippen MR) is 67.7 cm³/mol. The Morgan fingerprint density at radius 1 is 1.42 bits per heavy atom. The lowest BCUT2D eigenvalue weighted by Gasteiger charge is -2.35. The van der Waals surface area contributed by atoms with Gasteiger partial charge in [0.25, 0.3) is 0 Å². The fraction of sp³-hybridized carbons (Fsp3) is 0.786. The first-order chi connectivity index (χ1) is 9.01. The fourth-order valence-corrected chi connectivity index (χ4v) is 3.02. The Hall–Kier alpha value is -1.57. The molecule has 0 heterocycles. The molecule has 2 aliphatic rings. The van der Waals surface area contributed by atoms with Gasteiger partial charge in [0.1, 0.15) is 5.54 Å². The van der Waals surface area contributed by atoms with Crippen molar-refractivity contribution in [2.75, 3.05) is 7.11 Å². The molecule has 0 unspecified atom stereocenters. The molecule has 0 aromatic carbocycles. The Bertz CT molecular complexity index is 429. The summed E-state index contributed by atoms with van der Waals surface area (Å²) in [6.45, 7) is 2.10. The second kappa shape index (κ2) is 5.20. The van der Waals surface area contributed by atoms with Crippen LogP contribution >= 0.6 is 0 Å². The minimum atomic E-state index is -0.738. The number of carbonyl (C=O) groups is 2. The second-order valence-electron chi connectivity index (χ2n) is 5.86. The summed E-state index contributed by atoms with van der Waals surface area (Å²) < 4.78 is 4.63. The number of nitriles is 1. The minimum Gasteiger partial charge on any atom is -0.469 e. The van der Waals surface area contributed by atoms with Gasteiger partial charge in [-0.2, -0.15) is 5.26 Å². The maximum atomic E-state index is 12.1. The summed E-state index contributed by atoms with van der Waals surface area (Å²) in [6, 6.07) is 2.27. The average Bonchev–Trinajstić information content (AvgIpc) is 3.18. The van der Waals surface area contributed by atoms with Crippen LogP contribution in [-0.2, 0) is 14.3 Å². The van der Waals surface area contributed by atoms with Crippen LogP contribution in [0, 0.1) is 29.1 Å². The summed E-state index contributed by atoms with van der Waals surface area (Å²) >= 11 is 0. The molecule has 2 saturated carbocycles. The summed E-state index contributed by atoms with van der Waals surface area (Å²) in [7, 11) is 1.33. The molecule has 0 bridgehead atoms. The van der Waals surface area contributed by atoms with Crippen LogP contribution in [0.25, 0.3) is 0 Å². The zero-order chi connectivity index (χ0) is 14.0. The third-order valence-corrected chi connectivity index (χ3v) is 4.21. The largest absolute Gasteiger partial charge is 0.469 e. The average molecular weight is 264 g/mol. The van der Waals surface area contributed by atoms with Crippen molar-refractivity contribution in [3.63, 3.8) is 0 Å². The van der Waals surface area contributed by atoms with Gasteiger partial charge in [-0.1, -0.05) is 13.3 Å². The van der Waals surface area contributed by atoms with E-state index in [1.165, 1.54) is 7.11 Å². The van der Waals surface area contributed by atoms with Crippen LogP contribution in [0.4, 0.5) is 0 Å². The molecule has 104 valence electrons. The van der Waals surface area contributed by atoms with Crippen LogP contribution in [0.15, 0.2) is 0 Å². The maximum Gasteiger partial charge on any atom is 0.309 e. The van der Waals surface area contributed by atoms with Gasteiger partial charge in [-0.15, -0.1) is 0 Å². The molecule has 0 aromatic rings. The van der Waals surface area contributed by atoms with Crippen LogP contribution in [0.3, 0.4) is 0 Å². The van der Waals surface area contributed by atoms with Crippen LogP contribution in [0.5, 0.6) is 0 Å². The number of esters is 1. The van der Waals surface area contributed by atoms with Gasteiger partial charge in [-0.3, -0.25) is 9.59 Å². The lowest BCUT2D eigenvalue weighted by Crippen LogP contribution is -2.50. The molecule has 2 fully saturated rings.